The van der Waals surface area contributed by atoms with Gasteiger partial charge >= 0.3 is 0 Å². The van der Waals surface area contributed by atoms with Gasteiger partial charge in [0.2, 0.25) is 0 Å². The van der Waals surface area contributed by atoms with Gasteiger partial charge in [-0.1, -0.05) is 17.7 Å². The number of hydrogen-bond donors (Lipinski definition) is 0. The molecule has 0 aliphatic rings. The third kappa shape index (κ3) is 2.93. The van der Waals surface area contributed by atoms with E-state index in [0.29, 0.717) is 5.15 Å². The number of aromatic nitrogens is 4. The molecule has 0 aromatic carbocycles. The van der Waals surface area contributed by atoms with E-state index >= 15 is 0 Å². The van der Waals surface area contributed by atoms with Crippen molar-refractivity contribution in [1.29, 1.82) is 0 Å². The smallest absolute Gasteiger partial charge is 0.172 e. The summed E-state index contributed by atoms with van der Waals surface area (Å²) in [6.07, 6.45) is 9.09. The predicted octanol–water partition coefficient (Wildman–Crippen LogP) is 4.05. The summed E-state index contributed by atoms with van der Waals surface area (Å²) >= 11 is 11.4. The lowest BCUT2D eigenvalue weighted by Gasteiger charge is -2.11. The number of pyridine rings is 1. The van der Waals surface area contributed by atoms with Gasteiger partial charge in [0.25, 0.3) is 0 Å². The molecule has 4 nitrogen and oxygen atoms in total. The Labute approximate surface area is 140 Å². The van der Waals surface area contributed by atoms with Crippen LogP contribution in [0.3, 0.4) is 0 Å². The highest BCUT2D eigenvalue weighted by molar-refractivity contribution is 9.10. The maximum absolute atomic E-state index is 6.38. The van der Waals surface area contributed by atoms with Crippen LogP contribution in [0, 0.1) is 0 Å². The lowest BCUT2D eigenvalue weighted by Crippen LogP contribution is -2.04. The number of fused-ring (bicyclic) bond motifs is 1. The fourth-order valence-electron chi connectivity index (χ4n) is 2.18. The number of nitrogens with zero attached hydrogens (tertiary/aromatic N) is 4. The highest BCUT2D eigenvalue weighted by atomic mass is 79.9. The minimum atomic E-state index is 0.539. The number of rotatable bonds is 4. The van der Waals surface area contributed by atoms with Crippen molar-refractivity contribution in [2.75, 3.05) is 6.26 Å². The monoisotopic (exact) mass is 382 g/mol. The zero-order chi connectivity index (χ0) is 14.8. The maximum Gasteiger partial charge on any atom is 0.172 e. The molecular formula is C14H12BrClN4S. The van der Waals surface area contributed by atoms with Crippen LogP contribution in [0.1, 0.15) is 11.1 Å². The van der Waals surface area contributed by atoms with E-state index in [1.165, 1.54) is 5.56 Å². The number of thioether (sulfide) groups is 1. The Balaban J connectivity index is 1.99. The minimum Gasteiger partial charge on any atom is -0.264 e. The van der Waals surface area contributed by atoms with Crippen LogP contribution < -0.4 is 0 Å². The molecule has 3 aromatic heterocycles. The third-order valence-electron chi connectivity index (χ3n) is 3.18. The van der Waals surface area contributed by atoms with Crippen LogP contribution in [-0.2, 0) is 12.8 Å². The molecule has 3 heterocycles. The maximum atomic E-state index is 6.38. The molecule has 0 saturated heterocycles. The first-order valence-electron chi connectivity index (χ1n) is 6.35. The highest BCUT2D eigenvalue weighted by Gasteiger charge is 2.16. The lowest BCUT2D eigenvalue weighted by atomic mass is 10.1. The summed E-state index contributed by atoms with van der Waals surface area (Å²) < 4.78 is 2.68. The molecule has 7 heteroatoms. The van der Waals surface area contributed by atoms with E-state index in [9.17, 15) is 0 Å². The first kappa shape index (κ1) is 14.8. The van der Waals surface area contributed by atoms with Crippen molar-refractivity contribution in [2.45, 2.75) is 17.9 Å². The molecule has 0 amide bonds. The van der Waals surface area contributed by atoms with Crippen LogP contribution in [0.4, 0.5) is 0 Å². The van der Waals surface area contributed by atoms with E-state index < -0.39 is 0 Å². The van der Waals surface area contributed by atoms with Crippen molar-refractivity contribution in [3.8, 4) is 0 Å². The Morgan fingerprint density at radius 3 is 2.90 bits per heavy atom. The van der Waals surface area contributed by atoms with Gasteiger partial charge in [-0.2, -0.15) is 5.10 Å². The van der Waals surface area contributed by atoms with E-state index in [0.717, 1.165) is 33.6 Å². The van der Waals surface area contributed by atoms with Gasteiger partial charge in [-0.25, -0.2) is 9.50 Å². The molecule has 0 saturated carbocycles. The normalized spacial score (nSPS) is 11.2. The zero-order valence-corrected chi connectivity index (χ0v) is 14.4. The molecule has 3 rings (SSSR count). The molecule has 0 unspecified atom stereocenters. The van der Waals surface area contributed by atoms with Crippen molar-refractivity contribution in [2.24, 2.45) is 0 Å². The average Bonchev–Trinajstić information content (AvgIpc) is 2.87. The molecule has 0 N–H and O–H groups in total. The SMILES string of the molecule is CSc1c(CCc2cccnc2)c(Cl)nc2c(Br)cnn12. The lowest BCUT2D eigenvalue weighted by molar-refractivity contribution is 0.791. The molecule has 0 fully saturated rings. The van der Waals surface area contributed by atoms with Crippen LogP contribution in [0.5, 0.6) is 0 Å². The largest absolute Gasteiger partial charge is 0.264 e. The molecule has 0 bridgehead atoms. The number of halogens is 2. The fraction of sp³-hybridized carbons (Fsp3) is 0.214. The van der Waals surface area contributed by atoms with Gasteiger partial charge in [0.05, 0.1) is 10.7 Å². The summed E-state index contributed by atoms with van der Waals surface area (Å²) in [5.74, 6) is 0. The van der Waals surface area contributed by atoms with Gasteiger partial charge in [0.1, 0.15) is 10.2 Å². The first-order valence-corrected chi connectivity index (χ1v) is 8.74. The molecule has 108 valence electrons. The number of aryl methyl sites for hydroxylation is 1. The van der Waals surface area contributed by atoms with E-state index in [1.807, 2.05) is 23.0 Å². The topological polar surface area (TPSA) is 43.1 Å². The third-order valence-corrected chi connectivity index (χ3v) is 4.86. The molecule has 0 aliphatic heterocycles. The fourth-order valence-corrected chi connectivity index (χ4v) is 3.60. The Hall–Kier alpha value is -1.11. The second-order valence-corrected chi connectivity index (χ2v) is 6.49. The zero-order valence-electron chi connectivity index (χ0n) is 11.3. The van der Waals surface area contributed by atoms with Gasteiger partial charge < -0.3 is 0 Å². The summed E-state index contributed by atoms with van der Waals surface area (Å²) in [7, 11) is 0. The quantitative estimate of drug-likeness (QED) is 0.503. The van der Waals surface area contributed by atoms with Crippen LogP contribution in [0.15, 0.2) is 40.2 Å². The van der Waals surface area contributed by atoms with Crippen LogP contribution in [0.2, 0.25) is 5.15 Å². The molecule has 0 radical (unpaired) electrons. The summed E-state index contributed by atoms with van der Waals surface area (Å²) in [6, 6.07) is 4.01. The van der Waals surface area contributed by atoms with Crippen molar-refractivity contribution >= 4 is 44.9 Å². The summed E-state index contributed by atoms with van der Waals surface area (Å²) in [4.78, 5) is 8.58. The minimum absolute atomic E-state index is 0.539. The van der Waals surface area contributed by atoms with E-state index in [-0.39, 0.29) is 0 Å². The summed E-state index contributed by atoms with van der Waals surface area (Å²) in [6.45, 7) is 0. The van der Waals surface area contributed by atoms with E-state index in [4.69, 9.17) is 11.6 Å². The Bertz CT molecular complexity index is 775. The van der Waals surface area contributed by atoms with Crippen LogP contribution >= 0.6 is 39.3 Å². The number of hydrogen-bond acceptors (Lipinski definition) is 4. The molecule has 0 spiro atoms. The predicted molar refractivity (Wildman–Crippen MR) is 89.1 cm³/mol. The molecule has 21 heavy (non-hydrogen) atoms. The van der Waals surface area contributed by atoms with Gasteiger partial charge in [0.15, 0.2) is 5.65 Å². The second-order valence-electron chi connectivity index (χ2n) is 4.48. The first-order chi connectivity index (χ1) is 10.2. The summed E-state index contributed by atoms with van der Waals surface area (Å²) in [5, 5.41) is 5.93. The molecular weight excluding hydrogens is 372 g/mol. The average molecular weight is 384 g/mol. The van der Waals surface area contributed by atoms with Crippen LogP contribution in [-0.4, -0.2) is 25.8 Å². The Morgan fingerprint density at radius 1 is 1.33 bits per heavy atom. The Kier molecular flexibility index (Phi) is 4.47. The van der Waals surface area contributed by atoms with Crippen molar-refractivity contribution in [1.82, 2.24) is 19.6 Å². The van der Waals surface area contributed by atoms with Gasteiger partial charge in [0, 0.05) is 18.0 Å². The molecule has 0 atom stereocenters. The standard InChI is InChI=1S/C14H12BrClN4S/c1-21-14-10(5-4-9-3-2-6-17-7-9)12(16)19-13-11(15)8-18-20(13)14/h2-3,6-8H,4-5H2,1H3. The van der Waals surface area contributed by atoms with Crippen molar-refractivity contribution in [3.63, 3.8) is 0 Å². The van der Waals surface area contributed by atoms with E-state index in [2.05, 4.69) is 37.1 Å². The van der Waals surface area contributed by atoms with E-state index in [1.54, 1.807) is 24.2 Å². The Morgan fingerprint density at radius 2 is 2.19 bits per heavy atom. The molecule has 3 aromatic rings. The highest BCUT2D eigenvalue weighted by Crippen LogP contribution is 2.30. The van der Waals surface area contributed by atoms with Crippen molar-refractivity contribution < 1.29 is 0 Å². The van der Waals surface area contributed by atoms with Crippen LogP contribution in [0.25, 0.3) is 5.65 Å². The second kappa shape index (κ2) is 6.34. The summed E-state index contributed by atoms with van der Waals surface area (Å²) in [5.41, 5.74) is 2.95. The molecule has 0 aliphatic carbocycles. The van der Waals surface area contributed by atoms with Gasteiger partial charge in [-0.05, 0) is 46.7 Å². The van der Waals surface area contributed by atoms with Gasteiger partial charge in [-0.15, -0.1) is 11.8 Å². The van der Waals surface area contributed by atoms with Crippen molar-refractivity contribution in [3.05, 3.63) is 51.5 Å². The van der Waals surface area contributed by atoms with Gasteiger partial charge in [-0.3, -0.25) is 4.98 Å².